The van der Waals surface area contributed by atoms with Gasteiger partial charge in [-0.25, -0.2) is 4.39 Å². The molecule has 1 N–H and O–H groups in total. The molecule has 2 heterocycles. The average Bonchev–Trinajstić information content (AvgIpc) is 2.78. The van der Waals surface area contributed by atoms with Gasteiger partial charge < -0.3 is 29.2 Å². The van der Waals surface area contributed by atoms with Gasteiger partial charge in [-0.2, -0.15) is 0 Å². The van der Waals surface area contributed by atoms with E-state index in [9.17, 15) is 14.0 Å². The van der Waals surface area contributed by atoms with Crippen molar-refractivity contribution in [2.75, 3.05) is 32.9 Å². The standard InChI is InChI=1S/C22H21Cl2FN2O6/c23-13-1-3-14(4-2-13)33-16-8-27(9-16)22(29)19-10-32-21(12-31-19)26-20(28)11-30-15-5-6-17(24)18(25)7-15/h1-7,16,19,21H,8-12H2,(H,26,28). The minimum Gasteiger partial charge on any atom is -0.487 e. The van der Waals surface area contributed by atoms with E-state index in [4.69, 9.17) is 42.1 Å². The van der Waals surface area contributed by atoms with Crippen molar-refractivity contribution in [2.24, 2.45) is 0 Å². The van der Waals surface area contributed by atoms with Crippen molar-refractivity contribution in [3.63, 3.8) is 0 Å². The highest BCUT2D eigenvalue weighted by Crippen LogP contribution is 2.22. The fourth-order valence-electron chi connectivity index (χ4n) is 3.27. The fourth-order valence-corrected chi connectivity index (χ4v) is 3.51. The van der Waals surface area contributed by atoms with Gasteiger partial charge in [-0.3, -0.25) is 9.59 Å². The number of hydrogen-bond acceptors (Lipinski definition) is 6. The first kappa shape index (κ1) is 23.6. The summed E-state index contributed by atoms with van der Waals surface area (Å²) in [5, 5.41) is 3.18. The number of rotatable bonds is 7. The van der Waals surface area contributed by atoms with Crippen LogP contribution in [-0.4, -0.2) is 68.1 Å². The molecule has 2 atom stereocenters. The molecule has 2 aromatic rings. The van der Waals surface area contributed by atoms with Crippen LogP contribution in [0.2, 0.25) is 10.0 Å². The number of carbonyl (C=O) groups is 2. The van der Waals surface area contributed by atoms with E-state index in [2.05, 4.69) is 5.32 Å². The zero-order chi connectivity index (χ0) is 23.4. The number of likely N-dealkylation sites (tertiary alicyclic amines) is 1. The second-order valence-electron chi connectivity index (χ2n) is 7.51. The molecule has 2 aliphatic heterocycles. The third-order valence-corrected chi connectivity index (χ3v) is 5.59. The average molecular weight is 499 g/mol. The van der Waals surface area contributed by atoms with Gasteiger partial charge in [0.15, 0.2) is 18.9 Å². The summed E-state index contributed by atoms with van der Waals surface area (Å²) in [4.78, 5) is 26.2. The molecule has 2 unspecified atom stereocenters. The van der Waals surface area contributed by atoms with Crippen LogP contribution >= 0.6 is 23.2 Å². The lowest BCUT2D eigenvalue weighted by Gasteiger charge is -2.41. The van der Waals surface area contributed by atoms with Crippen molar-refractivity contribution in [1.82, 2.24) is 10.2 Å². The largest absolute Gasteiger partial charge is 0.487 e. The van der Waals surface area contributed by atoms with Crippen molar-refractivity contribution in [3.8, 4) is 11.5 Å². The van der Waals surface area contributed by atoms with Gasteiger partial charge >= 0.3 is 0 Å². The van der Waals surface area contributed by atoms with Crippen LogP contribution in [0.5, 0.6) is 11.5 Å². The molecule has 0 saturated carbocycles. The number of ether oxygens (including phenoxy) is 4. The highest BCUT2D eigenvalue weighted by molar-refractivity contribution is 6.30. The summed E-state index contributed by atoms with van der Waals surface area (Å²) in [5.74, 6) is -0.444. The van der Waals surface area contributed by atoms with E-state index >= 15 is 0 Å². The van der Waals surface area contributed by atoms with Crippen LogP contribution in [0.25, 0.3) is 0 Å². The monoisotopic (exact) mass is 498 g/mol. The van der Waals surface area contributed by atoms with Crippen LogP contribution in [0, 0.1) is 5.82 Å². The van der Waals surface area contributed by atoms with Crippen LogP contribution < -0.4 is 14.8 Å². The number of nitrogens with one attached hydrogen (secondary N) is 1. The zero-order valence-corrected chi connectivity index (χ0v) is 18.9. The summed E-state index contributed by atoms with van der Waals surface area (Å²) in [6.07, 6.45) is -1.56. The molecule has 33 heavy (non-hydrogen) atoms. The van der Waals surface area contributed by atoms with Crippen molar-refractivity contribution in [1.29, 1.82) is 0 Å². The predicted molar refractivity (Wildman–Crippen MR) is 117 cm³/mol. The lowest BCUT2D eigenvalue weighted by molar-refractivity contribution is -0.180. The Kier molecular flexibility index (Phi) is 7.54. The van der Waals surface area contributed by atoms with Gasteiger partial charge in [0, 0.05) is 11.1 Å². The molecule has 2 aliphatic rings. The Labute approximate surface area is 199 Å². The molecular formula is C22H21Cl2FN2O6. The number of nitrogens with zero attached hydrogens (tertiary/aromatic N) is 1. The van der Waals surface area contributed by atoms with E-state index in [1.165, 1.54) is 12.1 Å². The van der Waals surface area contributed by atoms with Crippen molar-refractivity contribution in [3.05, 3.63) is 58.3 Å². The second-order valence-corrected chi connectivity index (χ2v) is 8.36. The van der Waals surface area contributed by atoms with Gasteiger partial charge in [0.2, 0.25) is 0 Å². The molecule has 2 saturated heterocycles. The Bertz CT molecular complexity index is 995. The Morgan fingerprint density at radius 3 is 2.45 bits per heavy atom. The molecule has 2 aromatic carbocycles. The van der Waals surface area contributed by atoms with E-state index in [-0.39, 0.29) is 42.6 Å². The fraction of sp³-hybridized carbons (Fsp3) is 0.364. The van der Waals surface area contributed by atoms with Crippen LogP contribution in [0.3, 0.4) is 0 Å². The number of amides is 2. The Morgan fingerprint density at radius 1 is 1.06 bits per heavy atom. The summed E-state index contributed by atoms with van der Waals surface area (Å²) < 4.78 is 35.5. The Balaban J connectivity index is 1.14. The molecule has 0 aliphatic carbocycles. The number of benzene rings is 2. The topological polar surface area (TPSA) is 86.3 Å². The first-order valence-electron chi connectivity index (χ1n) is 10.2. The SMILES string of the molecule is O=C(COc1ccc(Cl)c(F)c1)NC1COC(C(=O)N2CC(Oc3ccc(Cl)cc3)C2)CO1. The number of hydrogen-bond donors (Lipinski definition) is 1. The normalized spacial score (nSPS) is 20.6. The molecule has 11 heteroatoms. The minimum absolute atomic E-state index is 0.00619. The smallest absolute Gasteiger partial charge is 0.259 e. The van der Waals surface area contributed by atoms with Gasteiger partial charge in [0.25, 0.3) is 11.8 Å². The summed E-state index contributed by atoms with van der Waals surface area (Å²) in [5.41, 5.74) is 0. The third kappa shape index (κ3) is 6.26. The predicted octanol–water partition coefficient (Wildman–Crippen LogP) is 2.66. The van der Waals surface area contributed by atoms with E-state index in [0.29, 0.717) is 23.9 Å². The van der Waals surface area contributed by atoms with Crippen LogP contribution in [-0.2, 0) is 19.1 Å². The Morgan fingerprint density at radius 2 is 1.79 bits per heavy atom. The maximum Gasteiger partial charge on any atom is 0.259 e. The highest BCUT2D eigenvalue weighted by atomic mass is 35.5. The summed E-state index contributed by atoms with van der Waals surface area (Å²) in [6.45, 7) is 0.572. The lowest BCUT2D eigenvalue weighted by Crippen LogP contribution is -2.61. The van der Waals surface area contributed by atoms with Crippen molar-refractivity contribution in [2.45, 2.75) is 18.4 Å². The van der Waals surface area contributed by atoms with E-state index in [1.54, 1.807) is 29.2 Å². The summed E-state index contributed by atoms with van der Waals surface area (Å²) >= 11 is 11.5. The van der Waals surface area contributed by atoms with Gasteiger partial charge in [-0.1, -0.05) is 23.2 Å². The van der Waals surface area contributed by atoms with E-state index < -0.39 is 24.1 Å². The molecule has 0 radical (unpaired) electrons. The van der Waals surface area contributed by atoms with Gasteiger partial charge in [-0.05, 0) is 36.4 Å². The number of halogens is 3. The molecule has 2 fully saturated rings. The van der Waals surface area contributed by atoms with E-state index in [0.717, 1.165) is 6.07 Å². The van der Waals surface area contributed by atoms with Gasteiger partial charge in [0.1, 0.15) is 23.4 Å². The molecule has 176 valence electrons. The molecular weight excluding hydrogens is 478 g/mol. The van der Waals surface area contributed by atoms with Crippen molar-refractivity contribution >= 4 is 35.0 Å². The zero-order valence-electron chi connectivity index (χ0n) is 17.3. The first-order valence-corrected chi connectivity index (χ1v) is 10.9. The third-order valence-electron chi connectivity index (χ3n) is 5.03. The van der Waals surface area contributed by atoms with Gasteiger partial charge in [-0.15, -0.1) is 0 Å². The molecule has 8 nitrogen and oxygen atoms in total. The molecule has 0 spiro atoms. The number of carbonyl (C=O) groups excluding carboxylic acids is 2. The van der Waals surface area contributed by atoms with Crippen molar-refractivity contribution < 1.29 is 32.9 Å². The van der Waals surface area contributed by atoms with Crippen LogP contribution in [0.1, 0.15) is 0 Å². The molecule has 2 amide bonds. The van der Waals surface area contributed by atoms with Crippen LogP contribution in [0.15, 0.2) is 42.5 Å². The van der Waals surface area contributed by atoms with E-state index in [1.807, 2.05) is 0 Å². The van der Waals surface area contributed by atoms with Crippen LogP contribution in [0.4, 0.5) is 4.39 Å². The molecule has 4 rings (SSSR count). The summed E-state index contributed by atoms with van der Waals surface area (Å²) in [6, 6.07) is 10.9. The lowest BCUT2D eigenvalue weighted by atomic mass is 10.1. The second kappa shape index (κ2) is 10.6. The Hall–Kier alpha value is -2.59. The highest BCUT2D eigenvalue weighted by Gasteiger charge is 2.38. The summed E-state index contributed by atoms with van der Waals surface area (Å²) in [7, 11) is 0. The molecule has 0 bridgehead atoms. The quantitative estimate of drug-likeness (QED) is 0.631. The minimum atomic E-state index is -0.747. The maximum atomic E-state index is 13.4. The molecule has 0 aromatic heterocycles. The first-order chi connectivity index (χ1) is 15.9. The van der Waals surface area contributed by atoms with Gasteiger partial charge in [0.05, 0.1) is 31.3 Å². The maximum absolute atomic E-state index is 13.4.